The third-order valence-electron chi connectivity index (χ3n) is 9.15. The number of thioether (sulfide) groups is 1. The summed E-state index contributed by atoms with van der Waals surface area (Å²) in [6, 6.07) is 12.2. The summed E-state index contributed by atoms with van der Waals surface area (Å²) in [4.78, 5) is 68.1. The number of benzene rings is 2. The summed E-state index contributed by atoms with van der Waals surface area (Å²) in [5, 5.41) is 13.4. The van der Waals surface area contributed by atoms with Gasteiger partial charge in [-0.05, 0) is 60.1 Å². The lowest BCUT2D eigenvalue weighted by Crippen LogP contribution is -2.42. The number of rotatable bonds is 8. The molecule has 3 N–H and O–H groups in total. The number of carbonyl (C=O) groups is 4. The molecule has 3 amide bonds. The molecule has 2 aromatic carbocycles. The zero-order valence-electron chi connectivity index (χ0n) is 22.8. The standard InChI is InChI=1S/C30H25Cl2N3O7S2/c31-17-5-4-13(9-18(17)32)33-19(36)11-42-14-3-1-2-12(8-14)21-22-15-10-16(25(22)43-27-26(21)44-30(41)34-27)24-23(15)28(39)35(29(24)40)7-6-20(37)38/h1-5,8-9,15-16,21-25H,6-7,10-11H2,(H,33,36)(H,34,41)(H,37,38)/t15?,16?,21-,22?,23?,24?,25?/m1/s1. The van der Waals surface area contributed by atoms with Gasteiger partial charge in [-0.2, -0.15) is 0 Å². The summed E-state index contributed by atoms with van der Waals surface area (Å²) in [6.45, 7) is -0.375. The van der Waals surface area contributed by atoms with Gasteiger partial charge in [-0.3, -0.25) is 28.9 Å². The van der Waals surface area contributed by atoms with Crippen LogP contribution in [0.3, 0.4) is 0 Å². The quantitative estimate of drug-likeness (QED) is 0.292. The van der Waals surface area contributed by atoms with Crippen LogP contribution in [0.25, 0.3) is 0 Å². The van der Waals surface area contributed by atoms with E-state index in [0.717, 1.165) is 38.1 Å². The molecule has 228 valence electrons. The fourth-order valence-electron chi connectivity index (χ4n) is 7.60. The first-order chi connectivity index (χ1) is 21.1. The van der Waals surface area contributed by atoms with Crippen molar-refractivity contribution in [3.05, 3.63) is 72.6 Å². The van der Waals surface area contributed by atoms with Gasteiger partial charge in [0, 0.05) is 28.3 Å². The van der Waals surface area contributed by atoms with E-state index < -0.39 is 17.8 Å². The molecule has 0 spiro atoms. The number of halogens is 2. The zero-order chi connectivity index (χ0) is 30.9. The molecule has 0 radical (unpaired) electrons. The van der Waals surface area contributed by atoms with Crippen molar-refractivity contribution >= 4 is 75.7 Å². The van der Waals surface area contributed by atoms with E-state index in [9.17, 15) is 24.0 Å². The van der Waals surface area contributed by atoms with Crippen molar-refractivity contribution < 1.29 is 29.0 Å². The third kappa shape index (κ3) is 4.92. The Morgan fingerprint density at radius 3 is 2.57 bits per heavy atom. The highest BCUT2D eigenvalue weighted by Crippen LogP contribution is 2.68. The predicted octanol–water partition coefficient (Wildman–Crippen LogP) is 4.71. The Hall–Kier alpha value is -3.32. The Labute approximate surface area is 269 Å². The van der Waals surface area contributed by atoms with Crippen LogP contribution in [0.1, 0.15) is 29.2 Å². The fourth-order valence-corrected chi connectivity index (χ4v) is 10.8. The van der Waals surface area contributed by atoms with Gasteiger partial charge in [0.05, 0.1) is 33.3 Å². The van der Waals surface area contributed by atoms with Gasteiger partial charge in [-0.15, -0.1) is 11.8 Å². The molecule has 3 heterocycles. The number of nitrogens with zero attached hydrogens (tertiary/aromatic N) is 1. The van der Waals surface area contributed by atoms with Crippen molar-refractivity contribution in [3.63, 3.8) is 0 Å². The molecule has 3 aromatic rings. The topological polar surface area (TPSA) is 146 Å². The van der Waals surface area contributed by atoms with Crippen molar-refractivity contribution in [1.82, 2.24) is 9.88 Å². The second-order valence-corrected chi connectivity index (χ2v) is 14.5. The molecule has 14 heteroatoms. The van der Waals surface area contributed by atoms with Crippen LogP contribution >= 0.6 is 46.3 Å². The number of aromatic amines is 1. The molecule has 3 fully saturated rings. The van der Waals surface area contributed by atoms with Gasteiger partial charge in [0.15, 0.2) is 6.61 Å². The average Bonchev–Trinajstić information content (AvgIpc) is 3.72. The van der Waals surface area contributed by atoms with Crippen LogP contribution in [0.4, 0.5) is 5.69 Å². The number of likely N-dealkylation sites (tertiary alicyclic amines) is 1. The molecule has 1 saturated heterocycles. The Kier molecular flexibility index (Phi) is 7.51. The van der Waals surface area contributed by atoms with Crippen LogP contribution in [0, 0.1) is 29.6 Å². The minimum Gasteiger partial charge on any atom is -0.484 e. The number of thiazole rings is 1. The van der Waals surface area contributed by atoms with Crippen LogP contribution in [-0.2, 0) is 19.2 Å². The number of amides is 3. The number of ether oxygens (including phenoxy) is 1. The minimum absolute atomic E-state index is 0.00160. The van der Waals surface area contributed by atoms with Crippen LogP contribution in [-0.4, -0.2) is 57.1 Å². The van der Waals surface area contributed by atoms with Crippen LogP contribution < -0.4 is 14.9 Å². The van der Waals surface area contributed by atoms with Crippen LogP contribution in [0.5, 0.6) is 5.75 Å². The second kappa shape index (κ2) is 11.2. The maximum Gasteiger partial charge on any atom is 0.305 e. The number of carboxylic acid groups (broad SMARTS) is 1. The minimum atomic E-state index is -1.06. The van der Waals surface area contributed by atoms with E-state index >= 15 is 0 Å². The molecular formula is C30H25Cl2N3O7S2. The molecule has 2 bridgehead atoms. The van der Waals surface area contributed by atoms with Crippen molar-refractivity contribution in [2.75, 3.05) is 18.5 Å². The highest BCUT2D eigenvalue weighted by atomic mass is 35.5. The lowest BCUT2D eigenvalue weighted by atomic mass is 9.68. The fraction of sp³-hybridized carbons (Fsp3) is 0.367. The molecule has 7 atom stereocenters. The summed E-state index contributed by atoms with van der Waals surface area (Å²) in [7, 11) is 0. The van der Waals surface area contributed by atoms with Gasteiger partial charge in [-0.1, -0.05) is 46.7 Å². The van der Waals surface area contributed by atoms with Gasteiger partial charge in [0.25, 0.3) is 5.91 Å². The Balaban J connectivity index is 1.15. The summed E-state index contributed by atoms with van der Waals surface area (Å²) in [6.07, 6.45) is 0.440. The molecule has 4 aliphatic rings. The number of aliphatic carboxylic acids is 1. The normalized spacial score (nSPS) is 28.0. The van der Waals surface area contributed by atoms with E-state index in [4.69, 9.17) is 33.0 Å². The van der Waals surface area contributed by atoms with Crippen LogP contribution in [0.2, 0.25) is 10.0 Å². The van der Waals surface area contributed by atoms with Crippen molar-refractivity contribution in [2.45, 2.75) is 29.0 Å². The molecule has 2 saturated carbocycles. The first kappa shape index (κ1) is 29.4. The van der Waals surface area contributed by atoms with Gasteiger partial charge in [0.1, 0.15) is 5.75 Å². The predicted molar refractivity (Wildman–Crippen MR) is 164 cm³/mol. The van der Waals surface area contributed by atoms with E-state index in [2.05, 4.69) is 10.3 Å². The number of nitrogens with one attached hydrogen (secondary N) is 2. The van der Waals surface area contributed by atoms with E-state index in [-0.39, 0.29) is 71.1 Å². The number of anilines is 1. The smallest absolute Gasteiger partial charge is 0.305 e. The zero-order valence-corrected chi connectivity index (χ0v) is 26.0. The number of hydrogen-bond donors (Lipinski definition) is 3. The molecule has 1 aromatic heterocycles. The highest BCUT2D eigenvalue weighted by molar-refractivity contribution is 8.00. The monoisotopic (exact) mass is 673 g/mol. The second-order valence-electron chi connectivity index (χ2n) is 11.5. The lowest BCUT2D eigenvalue weighted by molar-refractivity contribution is -0.142. The van der Waals surface area contributed by atoms with Crippen molar-refractivity contribution in [3.8, 4) is 5.75 Å². The number of H-pyrrole nitrogens is 1. The van der Waals surface area contributed by atoms with Gasteiger partial charge in [-0.25, -0.2) is 0 Å². The molecular weight excluding hydrogens is 649 g/mol. The molecule has 10 nitrogen and oxygen atoms in total. The number of imide groups is 1. The number of fused-ring (bicyclic) bond motifs is 9. The van der Waals surface area contributed by atoms with Crippen LogP contribution in [0.15, 0.2) is 52.3 Å². The van der Waals surface area contributed by atoms with Gasteiger partial charge in [0.2, 0.25) is 11.8 Å². The Morgan fingerprint density at radius 2 is 1.82 bits per heavy atom. The Morgan fingerprint density at radius 1 is 1.05 bits per heavy atom. The molecule has 2 aliphatic carbocycles. The molecule has 2 aliphatic heterocycles. The van der Waals surface area contributed by atoms with Gasteiger partial charge >= 0.3 is 10.8 Å². The summed E-state index contributed by atoms with van der Waals surface area (Å²) in [5.41, 5.74) is 1.38. The highest BCUT2D eigenvalue weighted by Gasteiger charge is 2.69. The SMILES string of the molecule is O=C(O)CCN1C(=O)C2C3CC(C2C1=O)C1C3Sc2[nH]c(=O)sc2[C@@H]1c1cccc(OCC(=O)Nc2ccc(Cl)c(Cl)c2)c1. The number of hydrogen-bond acceptors (Lipinski definition) is 8. The maximum atomic E-state index is 13.5. The van der Waals surface area contributed by atoms with E-state index in [1.807, 2.05) is 18.2 Å². The van der Waals surface area contributed by atoms with Gasteiger partial charge < -0.3 is 20.1 Å². The Bertz CT molecular complexity index is 1780. The molecule has 44 heavy (non-hydrogen) atoms. The average molecular weight is 675 g/mol. The van der Waals surface area contributed by atoms with E-state index in [1.165, 1.54) is 0 Å². The number of carboxylic acids is 1. The first-order valence-electron chi connectivity index (χ1n) is 14.0. The maximum absolute atomic E-state index is 13.5. The molecule has 6 unspecified atom stereocenters. The number of aromatic nitrogens is 1. The third-order valence-corrected chi connectivity index (χ3v) is 12.5. The van der Waals surface area contributed by atoms with Crippen molar-refractivity contribution in [2.24, 2.45) is 29.6 Å². The van der Waals surface area contributed by atoms with E-state index in [0.29, 0.717) is 21.5 Å². The summed E-state index contributed by atoms with van der Waals surface area (Å²) >= 11 is 14.7. The summed E-state index contributed by atoms with van der Waals surface area (Å²) in [5.74, 6) is -2.88. The first-order valence-corrected chi connectivity index (χ1v) is 16.5. The van der Waals surface area contributed by atoms with E-state index in [1.54, 1.807) is 36.0 Å². The van der Waals surface area contributed by atoms with Crippen molar-refractivity contribution in [1.29, 1.82) is 0 Å². The lowest BCUT2D eigenvalue weighted by Gasteiger charge is -2.43. The summed E-state index contributed by atoms with van der Waals surface area (Å²) < 4.78 is 5.86. The largest absolute Gasteiger partial charge is 0.484 e. The molecule has 7 rings (SSSR count). The number of carbonyl (C=O) groups excluding carboxylic acids is 3.